The molecule has 0 bridgehead atoms. The van der Waals surface area contributed by atoms with E-state index < -0.39 is 0 Å². The molecule has 2 fully saturated rings. The highest BCUT2D eigenvalue weighted by molar-refractivity contribution is 5.84. The monoisotopic (exact) mass is 434 g/mol. The van der Waals surface area contributed by atoms with E-state index in [0.29, 0.717) is 5.65 Å². The lowest BCUT2D eigenvalue weighted by atomic mass is 10.0. The van der Waals surface area contributed by atoms with Crippen molar-refractivity contribution in [3.63, 3.8) is 0 Å². The summed E-state index contributed by atoms with van der Waals surface area (Å²) in [6.45, 7) is 5.43. The highest BCUT2D eigenvalue weighted by Crippen LogP contribution is 2.26. The van der Waals surface area contributed by atoms with Crippen LogP contribution in [-0.2, 0) is 4.79 Å². The standard InChI is InChI=1S/C23H30N8O/c1-29-11-13-30(14-12-29)20(17-5-3-2-4-6-17)23(32)28-18-7-9-31(10-8-18)22-19-21(25-15-24-19)26-16-27-22/h2-6,15-16,18,20H,7-14H2,1H3,(H,28,32)(H,24,25,26,27). The van der Waals surface area contributed by atoms with Gasteiger partial charge in [-0.15, -0.1) is 0 Å². The van der Waals surface area contributed by atoms with Gasteiger partial charge in [-0.25, -0.2) is 15.0 Å². The van der Waals surface area contributed by atoms with Crippen molar-refractivity contribution in [3.05, 3.63) is 48.5 Å². The largest absolute Gasteiger partial charge is 0.355 e. The van der Waals surface area contributed by atoms with Gasteiger partial charge in [0.2, 0.25) is 5.91 Å². The lowest BCUT2D eigenvalue weighted by Gasteiger charge is -2.39. The zero-order valence-corrected chi connectivity index (χ0v) is 18.4. The van der Waals surface area contributed by atoms with Crippen molar-refractivity contribution in [2.75, 3.05) is 51.2 Å². The number of H-pyrrole nitrogens is 1. The average molecular weight is 435 g/mol. The molecule has 5 rings (SSSR count). The Labute approximate surface area is 187 Å². The second kappa shape index (κ2) is 9.22. The summed E-state index contributed by atoms with van der Waals surface area (Å²) in [7, 11) is 2.14. The number of benzene rings is 1. The van der Waals surface area contributed by atoms with Gasteiger partial charge in [0.25, 0.3) is 0 Å². The molecule has 0 spiro atoms. The number of imidazole rings is 1. The highest BCUT2D eigenvalue weighted by atomic mass is 16.2. The molecule has 2 N–H and O–H groups in total. The molecule has 0 saturated carbocycles. The fourth-order valence-electron chi connectivity index (χ4n) is 4.75. The third-order valence-corrected chi connectivity index (χ3v) is 6.61. The van der Waals surface area contributed by atoms with Gasteiger partial charge in [0.1, 0.15) is 17.9 Å². The number of amides is 1. The number of rotatable bonds is 5. The van der Waals surface area contributed by atoms with E-state index >= 15 is 0 Å². The normalized spacial score (nSPS) is 19.8. The summed E-state index contributed by atoms with van der Waals surface area (Å²) in [4.78, 5) is 36.4. The summed E-state index contributed by atoms with van der Waals surface area (Å²) in [5.41, 5.74) is 2.62. The van der Waals surface area contributed by atoms with Gasteiger partial charge in [-0.2, -0.15) is 0 Å². The molecule has 2 aliphatic heterocycles. The van der Waals surface area contributed by atoms with Crippen LogP contribution in [0.4, 0.5) is 5.82 Å². The van der Waals surface area contributed by atoms with Crippen LogP contribution in [0.25, 0.3) is 11.2 Å². The number of carbonyl (C=O) groups excluding carboxylic acids is 1. The maximum Gasteiger partial charge on any atom is 0.242 e. The minimum atomic E-state index is -0.241. The summed E-state index contributed by atoms with van der Waals surface area (Å²) in [5, 5.41) is 3.36. The molecule has 2 saturated heterocycles. The van der Waals surface area contributed by atoms with Gasteiger partial charge in [-0.05, 0) is 25.5 Å². The van der Waals surface area contributed by atoms with Crippen molar-refractivity contribution in [2.24, 2.45) is 0 Å². The molecule has 2 aromatic heterocycles. The first-order valence-corrected chi connectivity index (χ1v) is 11.4. The minimum Gasteiger partial charge on any atom is -0.355 e. The third kappa shape index (κ3) is 4.31. The first-order valence-electron chi connectivity index (χ1n) is 11.4. The number of hydrogen-bond acceptors (Lipinski definition) is 7. The van der Waals surface area contributed by atoms with E-state index in [1.165, 1.54) is 0 Å². The van der Waals surface area contributed by atoms with Gasteiger partial charge in [0, 0.05) is 45.3 Å². The Kier molecular flexibility index (Phi) is 6.00. The Morgan fingerprint density at radius 2 is 1.78 bits per heavy atom. The summed E-state index contributed by atoms with van der Waals surface area (Å²) in [6, 6.07) is 10.1. The lowest BCUT2D eigenvalue weighted by molar-refractivity contribution is -0.128. The average Bonchev–Trinajstić information content (AvgIpc) is 3.31. The van der Waals surface area contributed by atoms with Crippen molar-refractivity contribution >= 4 is 22.9 Å². The number of likely N-dealkylation sites (N-methyl/N-ethyl adjacent to an activating group) is 1. The van der Waals surface area contributed by atoms with Crippen LogP contribution in [0.5, 0.6) is 0 Å². The Morgan fingerprint density at radius 3 is 2.53 bits per heavy atom. The molecule has 1 aromatic carbocycles. The zero-order chi connectivity index (χ0) is 21.9. The molecular formula is C23H30N8O. The fraction of sp³-hybridized carbons (Fsp3) is 0.478. The van der Waals surface area contributed by atoms with Crippen LogP contribution in [0, 0.1) is 0 Å². The molecule has 32 heavy (non-hydrogen) atoms. The van der Waals surface area contributed by atoms with E-state index in [-0.39, 0.29) is 18.0 Å². The topological polar surface area (TPSA) is 93.3 Å². The van der Waals surface area contributed by atoms with Crippen LogP contribution in [-0.4, -0.2) is 88.0 Å². The second-order valence-corrected chi connectivity index (χ2v) is 8.72. The van der Waals surface area contributed by atoms with Gasteiger partial charge >= 0.3 is 0 Å². The van der Waals surface area contributed by atoms with Gasteiger partial charge in [0.15, 0.2) is 11.5 Å². The molecule has 1 unspecified atom stereocenters. The molecule has 2 aliphatic rings. The Hall–Kier alpha value is -3.04. The van der Waals surface area contributed by atoms with Crippen LogP contribution in [0.3, 0.4) is 0 Å². The molecule has 9 nitrogen and oxygen atoms in total. The Bertz CT molecular complexity index is 1040. The first kappa shape index (κ1) is 20.8. The van der Waals surface area contributed by atoms with Crippen LogP contribution in [0.2, 0.25) is 0 Å². The van der Waals surface area contributed by atoms with Crippen molar-refractivity contribution < 1.29 is 4.79 Å². The zero-order valence-electron chi connectivity index (χ0n) is 18.4. The SMILES string of the molecule is CN1CCN(C(C(=O)NC2CCN(c3ncnc4nc[nH]c34)CC2)c2ccccc2)CC1. The van der Waals surface area contributed by atoms with Gasteiger partial charge < -0.3 is 20.1 Å². The molecule has 1 atom stereocenters. The third-order valence-electron chi connectivity index (χ3n) is 6.61. The molecular weight excluding hydrogens is 404 g/mol. The number of nitrogens with one attached hydrogen (secondary N) is 2. The summed E-state index contributed by atoms with van der Waals surface area (Å²) < 4.78 is 0. The highest BCUT2D eigenvalue weighted by Gasteiger charge is 2.32. The Morgan fingerprint density at radius 1 is 1.03 bits per heavy atom. The van der Waals surface area contributed by atoms with Crippen molar-refractivity contribution in [1.82, 2.24) is 35.1 Å². The molecule has 3 aromatic rings. The number of fused-ring (bicyclic) bond motifs is 1. The predicted octanol–water partition coefficient (Wildman–Crippen LogP) is 1.43. The number of aromatic nitrogens is 4. The van der Waals surface area contributed by atoms with E-state index in [2.05, 4.69) is 59.1 Å². The van der Waals surface area contributed by atoms with Crippen molar-refractivity contribution in [1.29, 1.82) is 0 Å². The smallest absolute Gasteiger partial charge is 0.242 e. The van der Waals surface area contributed by atoms with Crippen LogP contribution < -0.4 is 10.2 Å². The lowest BCUT2D eigenvalue weighted by Crippen LogP contribution is -2.52. The van der Waals surface area contributed by atoms with Gasteiger partial charge in [-0.3, -0.25) is 9.69 Å². The summed E-state index contributed by atoms with van der Waals surface area (Å²) in [5.74, 6) is 0.995. The molecule has 1 amide bonds. The van der Waals surface area contributed by atoms with E-state index in [1.54, 1.807) is 12.7 Å². The minimum absolute atomic E-state index is 0.109. The maximum absolute atomic E-state index is 13.5. The maximum atomic E-state index is 13.5. The number of anilines is 1. The van der Waals surface area contributed by atoms with Gasteiger partial charge in [0.05, 0.1) is 6.33 Å². The molecule has 0 aliphatic carbocycles. The van der Waals surface area contributed by atoms with E-state index in [0.717, 1.165) is 69.0 Å². The molecule has 0 radical (unpaired) electrons. The fourth-order valence-corrected chi connectivity index (χ4v) is 4.75. The predicted molar refractivity (Wildman–Crippen MR) is 123 cm³/mol. The molecule has 168 valence electrons. The number of piperazine rings is 1. The number of aromatic amines is 1. The van der Waals surface area contributed by atoms with Crippen LogP contribution >= 0.6 is 0 Å². The van der Waals surface area contributed by atoms with E-state index in [9.17, 15) is 4.79 Å². The number of carbonyl (C=O) groups is 1. The Balaban J connectivity index is 1.25. The van der Waals surface area contributed by atoms with E-state index in [4.69, 9.17) is 0 Å². The van der Waals surface area contributed by atoms with Crippen molar-refractivity contribution in [3.8, 4) is 0 Å². The second-order valence-electron chi connectivity index (χ2n) is 8.72. The summed E-state index contributed by atoms with van der Waals surface area (Å²) >= 11 is 0. The summed E-state index contributed by atoms with van der Waals surface area (Å²) in [6.07, 6.45) is 4.98. The number of hydrogen-bond donors (Lipinski definition) is 2. The number of piperidine rings is 1. The van der Waals surface area contributed by atoms with E-state index in [1.807, 2.05) is 18.2 Å². The quantitative estimate of drug-likeness (QED) is 0.627. The first-order chi connectivity index (χ1) is 15.7. The van der Waals surface area contributed by atoms with Crippen LogP contribution in [0.15, 0.2) is 43.0 Å². The van der Waals surface area contributed by atoms with Crippen molar-refractivity contribution in [2.45, 2.75) is 24.9 Å². The molecule has 4 heterocycles. The number of nitrogens with zero attached hydrogens (tertiary/aromatic N) is 6. The molecule has 9 heteroatoms. The van der Waals surface area contributed by atoms with Gasteiger partial charge in [-0.1, -0.05) is 30.3 Å². The van der Waals surface area contributed by atoms with Crippen LogP contribution in [0.1, 0.15) is 24.4 Å².